The number of nitrogens with zero attached hydrogens (tertiary/aromatic N) is 1. The minimum absolute atomic E-state index is 0. The maximum Gasteiger partial charge on any atom is 0.191 e. The molecule has 7 heteroatoms. The van der Waals surface area contributed by atoms with Crippen LogP contribution in [0.4, 0.5) is 4.39 Å². The zero-order chi connectivity index (χ0) is 19.5. The molecular formula is C21H35FIN3O2. The van der Waals surface area contributed by atoms with Crippen LogP contribution in [0.5, 0.6) is 0 Å². The van der Waals surface area contributed by atoms with E-state index in [2.05, 4.69) is 24.5 Å². The van der Waals surface area contributed by atoms with Crippen LogP contribution in [0.2, 0.25) is 0 Å². The normalized spacial score (nSPS) is 17.3. The van der Waals surface area contributed by atoms with Gasteiger partial charge in [-0.05, 0) is 43.9 Å². The Morgan fingerprint density at radius 1 is 1.29 bits per heavy atom. The summed E-state index contributed by atoms with van der Waals surface area (Å²) in [6.45, 7) is 10.8. The smallest absolute Gasteiger partial charge is 0.191 e. The molecule has 1 unspecified atom stereocenters. The summed E-state index contributed by atoms with van der Waals surface area (Å²) >= 11 is 0. The third-order valence-corrected chi connectivity index (χ3v) is 4.69. The Labute approximate surface area is 185 Å². The van der Waals surface area contributed by atoms with Crippen LogP contribution >= 0.6 is 24.0 Å². The third kappa shape index (κ3) is 9.05. The van der Waals surface area contributed by atoms with Crippen LogP contribution in [0.1, 0.15) is 45.6 Å². The lowest BCUT2D eigenvalue weighted by molar-refractivity contribution is 0.0168. The highest BCUT2D eigenvalue weighted by Crippen LogP contribution is 2.23. The van der Waals surface area contributed by atoms with Crippen molar-refractivity contribution >= 4 is 29.9 Å². The zero-order valence-electron chi connectivity index (χ0n) is 17.3. The summed E-state index contributed by atoms with van der Waals surface area (Å²) in [5, 5.41) is 6.62. The molecule has 1 aliphatic rings. The summed E-state index contributed by atoms with van der Waals surface area (Å²) in [7, 11) is 0. The Balaban J connectivity index is 0.00000392. The summed E-state index contributed by atoms with van der Waals surface area (Å²) in [6.07, 6.45) is 3.45. The molecule has 0 radical (unpaired) electrons. The van der Waals surface area contributed by atoms with Crippen LogP contribution in [0.15, 0.2) is 29.3 Å². The highest BCUT2D eigenvalue weighted by molar-refractivity contribution is 14.0. The maximum atomic E-state index is 13.1. The molecule has 1 atom stereocenters. The molecule has 2 rings (SSSR count). The summed E-state index contributed by atoms with van der Waals surface area (Å²) in [4.78, 5) is 4.70. The topological polar surface area (TPSA) is 54.9 Å². The van der Waals surface area contributed by atoms with E-state index in [1.54, 1.807) is 0 Å². The van der Waals surface area contributed by atoms with Crippen molar-refractivity contribution in [2.45, 2.75) is 51.6 Å². The third-order valence-electron chi connectivity index (χ3n) is 4.69. The Kier molecular flexibility index (Phi) is 11.9. The first kappa shape index (κ1) is 25.1. The fourth-order valence-corrected chi connectivity index (χ4v) is 2.98. The first-order chi connectivity index (χ1) is 13.0. The van der Waals surface area contributed by atoms with E-state index in [1.807, 2.05) is 19.1 Å². The summed E-state index contributed by atoms with van der Waals surface area (Å²) in [6, 6.07) is 6.66. The highest BCUT2D eigenvalue weighted by atomic mass is 127. The van der Waals surface area contributed by atoms with Gasteiger partial charge in [0.2, 0.25) is 0 Å². The van der Waals surface area contributed by atoms with E-state index in [9.17, 15) is 4.39 Å². The number of halogens is 2. The average Bonchev–Trinajstić information content (AvgIpc) is 3.16. The number of hydrogen-bond donors (Lipinski definition) is 2. The van der Waals surface area contributed by atoms with E-state index in [4.69, 9.17) is 14.5 Å². The van der Waals surface area contributed by atoms with Crippen LogP contribution in [-0.2, 0) is 14.9 Å². The number of benzene rings is 1. The second-order valence-corrected chi connectivity index (χ2v) is 7.58. The Morgan fingerprint density at radius 3 is 2.68 bits per heavy atom. The van der Waals surface area contributed by atoms with Crippen LogP contribution in [0.25, 0.3) is 0 Å². The minimum Gasteiger partial charge on any atom is -0.379 e. The van der Waals surface area contributed by atoms with Crippen molar-refractivity contribution in [2.24, 2.45) is 4.99 Å². The van der Waals surface area contributed by atoms with Gasteiger partial charge in [-0.1, -0.05) is 26.0 Å². The Hall–Kier alpha value is -0.930. The summed E-state index contributed by atoms with van der Waals surface area (Å²) in [5.74, 6) is 0.585. The van der Waals surface area contributed by atoms with Crippen LogP contribution in [-0.4, -0.2) is 51.5 Å². The van der Waals surface area contributed by atoms with Crippen molar-refractivity contribution in [3.8, 4) is 0 Å². The van der Waals surface area contributed by atoms with E-state index in [1.165, 1.54) is 12.1 Å². The fourth-order valence-electron chi connectivity index (χ4n) is 2.98. The van der Waals surface area contributed by atoms with Gasteiger partial charge >= 0.3 is 0 Å². The summed E-state index contributed by atoms with van der Waals surface area (Å²) in [5.41, 5.74) is 0.909. The fraction of sp³-hybridized carbons (Fsp3) is 0.667. The number of nitrogens with one attached hydrogen (secondary N) is 2. The first-order valence-electron chi connectivity index (χ1n) is 9.99. The molecule has 2 N–H and O–H groups in total. The lowest BCUT2D eigenvalue weighted by Crippen LogP contribution is -2.39. The number of ether oxygens (including phenoxy) is 2. The van der Waals surface area contributed by atoms with Crippen molar-refractivity contribution in [2.75, 3.05) is 39.5 Å². The van der Waals surface area contributed by atoms with E-state index >= 15 is 0 Å². The Bertz CT molecular complexity index is 576. The van der Waals surface area contributed by atoms with Crippen molar-refractivity contribution in [1.29, 1.82) is 0 Å². The molecular weight excluding hydrogens is 472 g/mol. The molecule has 1 aromatic carbocycles. The number of guanidine groups is 1. The molecule has 0 saturated carbocycles. The SMILES string of the molecule is CCNC(=NCC(C)(C)c1ccc(F)cc1)NCCCOCC1CCCO1.I. The van der Waals surface area contributed by atoms with Crippen LogP contribution in [0.3, 0.4) is 0 Å². The van der Waals surface area contributed by atoms with Gasteiger partial charge in [-0.2, -0.15) is 0 Å². The van der Waals surface area contributed by atoms with Crippen molar-refractivity contribution < 1.29 is 13.9 Å². The lowest BCUT2D eigenvalue weighted by Gasteiger charge is -2.24. The number of hydrogen-bond acceptors (Lipinski definition) is 3. The largest absolute Gasteiger partial charge is 0.379 e. The second-order valence-electron chi connectivity index (χ2n) is 7.58. The van der Waals surface area contributed by atoms with E-state index in [-0.39, 0.29) is 41.3 Å². The van der Waals surface area contributed by atoms with Gasteiger partial charge in [-0.25, -0.2) is 4.39 Å². The second kappa shape index (κ2) is 13.3. The van der Waals surface area contributed by atoms with Gasteiger partial charge in [0.1, 0.15) is 5.82 Å². The molecule has 5 nitrogen and oxygen atoms in total. The van der Waals surface area contributed by atoms with Crippen molar-refractivity contribution in [3.63, 3.8) is 0 Å². The average molecular weight is 507 g/mol. The van der Waals surface area contributed by atoms with Gasteiger partial charge in [-0.15, -0.1) is 24.0 Å². The monoisotopic (exact) mass is 507 g/mol. The van der Waals surface area contributed by atoms with Crippen molar-refractivity contribution in [3.05, 3.63) is 35.6 Å². The first-order valence-corrected chi connectivity index (χ1v) is 9.99. The molecule has 28 heavy (non-hydrogen) atoms. The molecule has 1 aliphatic heterocycles. The lowest BCUT2D eigenvalue weighted by atomic mass is 9.85. The van der Waals surface area contributed by atoms with E-state index < -0.39 is 0 Å². The molecule has 0 amide bonds. The van der Waals surface area contributed by atoms with Gasteiger partial charge in [-0.3, -0.25) is 4.99 Å². The maximum absolute atomic E-state index is 13.1. The minimum atomic E-state index is -0.213. The predicted octanol–water partition coefficient (Wildman–Crippen LogP) is 3.86. The van der Waals surface area contributed by atoms with Crippen LogP contribution in [0, 0.1) is 5.82 Å². The zero-order valence-corrected chi connectivity index (χ0v) is 19.6. The quantitative estimate of drug-likeness (QED) is 0.219. The number of rotatable bonds is 10. The standard InChI is InChI=1S/C21H34FN3O2.HI/c1-4-23-20(24-12-6-13-26-15-19-7-5-14-27-19)25-16-21(2,3)17-8-10-18(22)11-9-17;/h8-11,19H,4-7,12-16H2,1-3H3,(H2,23,24,25);1H. The number of aliphatic imine (C=N–C) groups is 1. The van der Waals surface area contributed by atoms with E-state index in [0.29, 0.717) is 19.8 Å². The molecule has 160 valence electrons. The van der Waals surface area contributed by atoms with Gasteiger partial charge in [0, 0.05) is 31.7 Å². The van der Waals surface area contributed by atoms with Gasteiger partial charge in [0.05, 0.1) is 19.3 Å². The molecule has 1 saturated heterocycles. The van der Waals surface area contributed by atoms with E-state index in [0.717, 1.165) is 50.5 Å². The van der Waals surface area contributed by atoms with Gasteiger partial charge in [0.15, 0.2) is 5.96 Å². The predicted molar refractivity (Wildman–Crippen MR) is 123 cm³/mol. The molecule has 1 heterocycles. The molecule has 1 fully saturated rings. The molecule has 1 aromatic rings. The van der Waals surface area contributed by atoms with Gasteiger partial charge < -0.3 is 20.1 Å². The molecule has 0 aliphatic carbocycles. The Morgan fingerprint density at radius 2 is 2.04 bits per heavy atom. The summed E-state index contributed by atoms with van der Waals surface area (Å²) < 4.78 is 24.4. The molecule has 0 bridgehead atoms. The highest BCUT2D eigenvalue weighted by Gasteiger charge is 2.20. The molecule has 0 aromatic heterocycles. The van der Waals surface area contributed by atoms with Crippen molar-refractivity contribution in [1.82, 2.24) is 10.6 Å². The molecule has 0 spiro atoms. The van der Waals surface area contributed by atoms with Gasteiger partial charge in [0.25, 0.3) is 0 Å². The van der Waals surface area contributed by atoms with Crippen LogP contribution < -0.4 is 10.6 Å².